The lowest BCUT2D eigenvalue weighted by Gasteiger charge is -2.07. The summed E-state index contributed by atoms with van der Waals surface area (Å²) in [4.78, 5) is 11.4. The molecule has 108 valence electrons. The molecule has 0 bridgehead atoms. The predicted octanol–water partition coefficient (Wildman–Crippen LogP) is 3.54. The normalized spacial score (nSPS) is 19.9. The van der Waals surface area contributed by atoms with Gasteiger partial charge in [-0.1, -0.05) is 42.5 Å². The summed E-state index contributed by atoms with van der Waals surface area (Å²) in [6, 6.07) is 18.1. The number of esters is 1. The molecule has 1 saturated carbocycles. The summed E-state index contributed by atoms with van der Waals surface area (Å²) < 4.78 is 10.5. The zero-order valence-corrected chi connectivity index (χ0v) is 12.0. The lowest BCUT2D eigenvalue weighted by molar-refractivity contribution is -0.142. The first-order chi connectivity index (χ1) is 10.3. The van der Waals surface area contributed by atoms with Crippen LogP contribution in [0.5, 0.6) is 5.75 Å². The Hall–Kier alpha value is -2.29. The first-order valence-corrected chi connectivity index (χ1v) is 7.12. The SMILES string of the molecule is COC(=O)C1CC1c1ccc(OCc2ccccc2)cc1. The van der Waals surface area contributed by atoms with Crippen molar-refractivity contribution in [1.29, 1.82) is 0 Å². The van der Waals surface area contributed by atoms with Crippen LogP contribution in [0.15, 0.2) is 54.6 Å². The van der Waals surface area contributed by atoms with Gasteiger partial charge in [-0.15, -0.1) is 0 Å². The Labute approximate surface area is 124 Å². The second-order valence-corrected chi connectivity index (χ2v) is 5.32. The molecule has 0 aliphatic heterocycles. The van der Waals surface area contributed by atoms with E-state index in [-0.39, 0.29) is 11.9 Å². The number of ether oxygens (including phenoxy) is 2. The maximum absolute atomic E-state index is 11.4. The summed E-state index contributed by atoms with van der Waals surface area (Å²) in [5.74, 6) is 1.08. The lowest BCUT2D eigenvalue weighted by Crippen LogP contribution is -2.03. The van der Waals surface area contributed by atoms with E-state index >= 15 is 0 Å². The van der Waals surface area contributed by atoms with Gasteiger partial charge in [-0.05, 0) is 35.6 Å². The highest BCUT2D eigenvalue weighted by atomic mass is 16.5. The minimum atomic E-state index is -0.107. The van der Waals surface area contributed by atoms with Gasteiger partial charge in [0.05, 0.1) is 13.0 Å². The fraction of sp³-hybridized carbons (Fsp3) is 0.278. The van der Waals surface area contributed by atoms with Crippen LogP contribution in [0.4, 0.5) is 0 Å². The van der Waals surface area contributed by atoms with Gasteiger partial charge in [0, 0.05) is 0 Å². The Morgan fingerprint density at radius 1 is 1.10 bits per heavy atom. The van der Waals surface area contributed by atoms with Crippen molar-refractivity contribution in [3.63, 3.8) is 0 Å². The second-order valence-electron chi connectivity index (χ2n) is 5.32. The van der Waals surface area contributed by atoms with Crippen LogP contribution in [-0.4, -0.2) is 13.1 Å². The molecule has 0 N–H and O–H groups in total. The van der Waals surface area contributed by atoms with Gasteiger partial charge in [-0.3, -0.25) is 4.79 Å². The number of hydrogen-bond acceptors (Lipinski definition) is 3. The van der Waals surface area contributed by atoms with Crippen molar-refractivity contribution in [1.82, 2.24) is 0 Å². The molecular formula is C18H18O3. The Kier molecular flexibility index (Phi) is 3.91. The summed E-state index contributed by atoms with van der Waals surface area (Å²) in [6.07, 6.45) is 0.886. The molecule has 2 aromatic carbocycles. The molecule has 21 heavy (non-hydrogen) atoms. The van der Waals surface area contributed by atoms with Crippen molar-refractivity contribution in [2.45, 2.75) is 18.9 Å². The van der Waals surface area contributed by atoms with Crippen LogP contribution >= 0.6 is 0 Å². The molecule has 3 nitrogen and oxygen atoms in total. The van der Waals surface area contributed by atoms with E-state index < -0.39 is 0 Å². The molecule has 1 aliphatic carbocycles. The first kappa shape index (κ1) is 13.7. The average Bonchev–Trinajstić information content (AvgIpc) is 3.34. The van der Waals surface area contributed by atoms with Gasteiger partial charge in [-0.25, -0.2) is 0 Å². The third kappa shape index (κ3) is 3.24. The van der Waals surface area contributed by atoms with Gasteiger partial charge in [-0.2, -0.15) is 0 Å². The predicted molar refractivity (Wildman–Crippen MR) is 80.1 cm³/mol. The topological polar surface area (TPSA) is 35.5 Å². The largest absolute Gasteiger partial charge is 0.489 e. The van der Waals surface area contributed by atoms with E-state index in [0.717, 1.165) is 17.7 Å². The molecule has 2 atom stereocenters. The van der Waals surface area contributed by atoms with Crippen molar-refractivity contribution in [3.05, 3.63) is 65.7 Å². The second kappa shape index (κ2) is 6.00. The highest BCUT2D eigenvalue weighted by molar-refractivity contribution is 5.77. The quantitative estimate of drug-likeness (QED) is 0.787. The average molecular weight is 282 g/mol. The highest BCUT2D eigenvalue weighted by Gasteiger charge is 2.44. The van der Waals surface area contributed by atoms with E-state index in [2.05, 4.69) is 0 Å². The molecule has 3 rings (SSSR count). The van der Waals surface area contributed by atoms with Crippen molar-refractivity contribution in [3.8, 4) is 5.75 Å². The number of carbonyl (C=O) groups excluding carboxylic acids is 1. The van der Waals surface area contributed by atoms with Crippen molar-refractivity contribution in [2.75, 3.05) is 7.11 Å². The molecule has 0 saturated heterocycles. The number of benzene rings is 2. The van der Waals surface area contributed by atoms with E-state index in [9.17, 15) is 4.79 Å². The minimum absolute atomic E-state index is 0.0334. The summed E-state index contributed by atoms with van der Waals surface area (Å²) in [5.41, 5.74) is 2.33. The smallest absolute Gasteiger partial charge is 0.309 e. The molecule has 1 fully saturated rings. The van der Waals surface area contributed by atoms with Crippen molar-refractivity contribution < 1.29 is 14.3 Å². The van der Waals surface area contributed by atoms with Crippen LogP contribution in [-0.2, 0) is 16.1 Å². The molecule has 1 aliphatic rings. The lowest BCUT2D eigenvalue weighted by atomic mass is 10.1. The molecule has 2 aromatic rings. The van der Waals surface area contributed by atoms with Crippen molar-refractivity contribution in [2.24, 2.45) is 5.92 Å². The molecule has 0 spiro atoms. The number of hydrogen-bond donors (Lipinski definition) is 0. The Bertz CT molecular complexity index is 604. The highest BCUT2D eigenvalue weighted by Crippen LogP contribution is 2.48. The summed E-state index contributed by atoms with van der Waals surface area (Å²) in [6.45, 7) is 0.564. The summed E-state index contributed by atoms with van der Waals surface area (Å²) in [7, 11) is 1.44. The number of carbonyl (C=O) groups is 1. The van der Waals surface area contributed by atoms with Crippen LogP contribution in [0.1, 0.15) is 23.5 Å². The zero-order chi connectivity index (χ0) is 14.7. The van der Waals surface area contributed by atoms with Gasteiger partial charge >= 0.3 is 5.97 Å². The van der Waals surface area contributed by atoms with Crippen LogP contribution < -0.4 is 4.74 Å². The van der Waals surface area contributed by atoms with E-state index in [4.69, 9.17) is 9.47 Å². The molecule has 0 amide bonds. The standard InChI is InChI=1S/C18H18O3/c1-20-18(19)17-11-16(17)14-7-9-15(10-8-14)21-12-13-5-3-2-4-6-13/h2-10,16-17H,11-12H2,1H3. The van der Waals surface area contributed by atoms with Crippen LogP contribution in [0.2, 0.25) is 0 Å². The minimum Gasteiger partial charge on any atom is -0.489 e. The van der Waals surface area contributed by atoms with Gasteiger partial charge in [0.2, 0.25) is 0 Å². The molecule has 0 heterocycles. The zero-order valence-electron chi connectivity index (χ0n) is 12.0. The Morgan fingerprint density at radius 3 is 2.48 bits per heavy atom. The van der Waals surface area contributed by atoms with E-state index in [1.807, 2.05) is 54.6 Å². The van der Waals surface area contributed by atoms with E-state index in [0.29, 0.717) is 12.5 Å². The Morgan fingerprint density at radius 2 is 1.81 bits per heavy atom. The maximum Gasteiger partial charge on any atom is 0.309 e. The number of rotatable bonds is 5. The van der Waals surface area contributed by atoms with Gasteiger partial charge in [0.25, 0.3) is 0 Å². The monoisotopic (exact) mass is 282 g/mol. The van der Waals surface area contributed by atoms with E-state index in [1.165, 1.54) is 12.7 Å². The van der Waals surface area contributed by atoms with Crippen LogP contribution in [0, 0.1) is 5.92 Å². The van der Waals surface area contributed by atoms with Crippen molar-refractivity contribution >= 4 is 5.97 Å². The van der Waals surface area contributed by atoms with Gasteiger partial charge in [0.15, 0.2) is 0 Å². The Balaban J connectivity index is 1.57. The molecule has 0 aromatic heterocycles. The fourth-order valence-electron chi connectivity index (χ4n) is 2.53. The summed E-state index contributed by atoms with van der Waals surface area (Å²) >= 11 is 0. The number of methoxy groups -OCH3 is 1. The van der Waals surface area contributed by atoms with E-state index in [1.54, 1.807) is 0 Å². The molecule has 0 radical (unpaired) electrons. The third-order valence-corrected chi connectivity index (χ3v) is 3.85. The van der Waals surface area contributed by atoms with Crippen LogP contribution in [0.25, 0.3) is 0 Å². The molecular weight excluding hydrogens is 264 g/mol. The van der Waals surface area contributed by atoms with Gasteiger partial charge in [0.1, 0.15) is 12.4 Å². The van der Waals surface area contributed by atoms with Gasteiger partial charge < -0.3 is 9.47 Å². The maximum atomic E-state index is 11.4. The molecule has 2 unspecified atom stereocenters. The first-order valence-electron chi connectivity index (χ1n) is 7.12. The third-order valence-electron chi connectivity index (χ3n) is 3.85. The van der Waals surface area contributed by atoms with Crippen LogP contribution in [0.3, 0.4) is 0 Å². The molecule has 3 heteroatoms. The fourth-order valence-corrected chi connectivity index (χ4v) is 2.53. The summed E-state index contributed by atoms with van der Waals surface area (Å²) in [5, 5.41) is 0.